The summed E-state index contributed by atoms with van der Waals surface area (Å²) in [7, 11) is 0. The first-order valence-corrected chi connectivity index (χ1v) is 5.76. The number of aromatic nitrogens is 1. The summed E-state index contributed by atoms with van der Waals surface area (Å²) in [5.41, 5.74) is 0.996. The van der Waals surface area contributed by atoms with Crippen LogP contribution in [0.3, 0.4) is 0 Å². The van der Waals surface area contributed by atoms with E-state index >= 15 is 0 Å². The zero-order valence-electron chi connectivity index (χ0n) is 9.32. The summed E-state index contributed by atoms with van der Waals surface area (Å²) in [6.07, 6.45) is 0. The zero-order chi connectivity index (χ0) is 13.0. The standard InChI is InChI=1S/C12H10ClFN2O2/c13-6-10-5-11(18-16-10)7-15-12(17)8-1-3-9(14)4-2-8/h1-5H,6-7H2,(H,15,17). The van der Waals surface area contributed by atoms with Crippen LogP contribution < -0.4 is 5.32 Å². The van der Waals surface area contributed by atoms with Gasteiger partial charge in [0.2, 0.25) is 0 Å². The van der Waals surface area contributed by atoms with Gasteiger partial charge in [0.05, 0.1) is 18.1 Å². The molecule has 1 aromatic carbocycles. The van der Waals surface area contributed by atoms with Crippen molar-refractivity contribution in [3.05, 3.63) is 53.2 Å². The monoisotopic (exact) mass is 268 g/mol. The predicted molar refractivity (Wildman–Crippen MR) is 63.6 cm³/mol. The van der Waals surface area contributed by atoms with E-state index < -0.39 is 0 Å². The van der Waals surface area contributed by atoms with Crippen LogP contribution in [0.4, 0.5) is 4.39 Å². The molecule has 1 heterocycles. The van der Waals surface area contributed by atoms with E-state index in [0.717, 1.165) is 0 Å². The van der Waals surface area contributed by atoms with Crippen LogP contribution in [0.15, 0.2) is 34.9 Å². The number of carbonyl (C=O) groups excluding carboxylic acids is 1. The Balaban J connectivity index is 1.93. The Morgan fingerprint density at radius 1 is 1.39 bits per heavy atom. The summed E-state index contributed by atoms with van der Waals surface area (Å²) in [5.74, 6) is 0.0866. The minimum Gasteiger partial charge on any atom is -0.359 e. The van der Waals surface area contributed by atoms with Crippen LogP contribution in [0, 0.1) is 5.82 Å². The molecule has 6 heteroatoms. The molecule has 0 saturated heterocycles. The molecular weight excluding hydrogens is 259 g/mol. The summed E-state index contributed by atoms with van der Waals surface area (Å²) in [6, 6.07) is 6.95. The number of halogens is 2. The molecule has 2 aromatic rings. The molecule has 0 fully saturated rings. The Morgan fingerprint density at radius 2 is 2.11 bits per heavy atom. The number of nitrogens with one attached hydrogen (secondary N) is 1. The maximum Gasteiger partial charge on any atom is 0.251 e. The highest BCUT2D eigenvalue weighted by molar-refractivity contribution is 6.16. The van der Waals surface area contributed by atoms with Crippen molar-refractivity contribution in [2.24, 2.45) is 0 Å². The minimum atomic E-state index is -0.381. The smallest absolute Gasteiger partial charge is 0.251 e. The second kappa shape index (κ2) is 5.64. The molecule has 0 spiro atoms. The van der Waals surface area contributed by atoms with Gasteiger partial charge in [0, 0.05) is 11.6 Å². The quantitative estimate of drug-likeness (QED) is 0.867. The number of amides is 1. The fourth-order valence-electron chi connectivity index (χ4n) is 1.37. The third-order valence-corrected chi connectivity index (χ3v) is 2.55. The highest BCUT2D eigenvalue weighted by Crippen LogP contribution is 2.07. The van der Waals surface area contributed by atoms with Crippen molar-refractivity contribution in [1.29, 1.82) is 0 Å². The number of nitrogens with zero attached hydrogens (tertiary/aromatic N) is 1. The van der Waals surface area contributed by atoms with Crippen LogP contribution in [0.25, 0.3) is 0 Å². The van der Waals surface area contributed by atoms with Gasteiger partial charge < -0.3 is 9.84 Å². The molecule has 18 heavy (non-hydrogen) atoms. The molecule has 2 rings (SSSR count). The van der Waals surface area contributed by atoms with Gasteiger partial charge in [-0.1, -0.05) is 5.16 Å². The van der Waals surface area contributed by atoms with E-state index in [1.54, 1.807) is 6.07 Å². The summed E-state index contributed by atoms with van der Waals surface area (Å²) in [4.78, 5) is 11.7. The lowest BCUT2D eigenvalue weighted by Gasteiger charge is -2.02. The lowest BCUT2D eigenvalue weighted by Crippen LogP contribution is -2.22. The van der Waals surface area contributed by atoms with Gasteiger partial charge in [0.1, 0.15) is 5.82 Å². The molecule has 0 bridgehead atoms. The molecule has 94 valence electrons. The van der Waals surface area contributed by atoms with Gasteiger partial charge in [-0.15, -0.1) is 11.6 Å². The molecular formula is C12H10ClFN2O2. The minimum absolute atomic E-state index is 0.208. The van der Waals surface area contributed by atoms with E-state index in [-0.39, 0.29) is 24.1 Å². The van der Waals surface area contributed by atoms with E-state index in [1.165, 1.54) is 24.3 Å². The van der Waals surface area contributed by atoms with Crippen LogP contribution >= 0.6 is 11.6 Å². The van der Waals surface area contributed by atoms with Gasteiger partial charge in [0.15, 0.2) is 5.76 Å². The number of hydrogen-bond donors (Lipinski definition) is 1. The third-order valence-electron chi connectivity index (χ3n) is 2.27. The zero-order valence-corrected chi connectivity index (χ0v) is 10.1. The van der Waals surface area contributed by atoms with Crippen molar-refractivity contribution in [2.75, 3.05) is 0 Å². The maximum absolute atomic E-state index is 12.7. The molecule has 1 amide bonds. The van der Waals surface area contributed by atoms with Crippen LogP contribution in [0.1, 0.15) is 21.8 Å². The van der Waals surface area contributed by atoms with Gasteiger partial charge in [-0.05, 0) is 24.3 Å². The van der Waals surface area contributed by atoms with Crippen molar-refractivity contribution in [3.8, 4) is 0 Å². The van der Waals surface area contributed by atoms with Crippen molar-refractivity contribution in [3.63, 3.8) is 0 Å². The Morgan fingerprint density at radius 3 is 2.72 bits per heavy atom. The van der Waals surface area contributed by atoms with Crippen molar-refractivity contribution in [1.82, 2.24) is 10.5 Å². The molecule has 0 radical (unpaired) electrons. The first kappa shape index (κ1) is 12.6. The molecule has 4 nitrogen and oxygen atoms in total. The lowest BCUT2D eigenvalue weighted by molar-refractivity contribution is 0.0947. The van der Waals surface area contributed by atoms with Crippen molar-refractivity contribution >= 4 is 17.5 Å². The van der Waals surface area contributed by atoms with E-state index in [1.807, 2.05) is 0 Å². The normalized spacial score (nSPS) is 10.3. The molecule has 0 atom stereocenters. The lowest BCUT2D eigenvalue weighted by atomic mass is 10.2. The number of alkyl halides is 1. The Bertz CT molecular complexity index is 539. The number of hydrogen-bond acceptors (Lipinski definition) is 3. The van der Waals surface area contributed by atoms with Crippen LogP contribution in [0.2, 0.25) is 0 Å². The van der Waals surface area contributed by atoms with Crippen LogP contribution in [0.5, 0.6) is 0 Å². The van der Waals surface area contributed by atoms with E-state index in [2.05, 4.69) is 10.5 Å². The first-order chi connectivity index (χ1) is 8.69. The van der Waals surface area contributed by atoms with Gasteiger partial charge in [-0.2, -0.15) is 0 Å². The average molecular weight is 269 g/mol. The molecule has 0 aliphatic rings. The highest BCUT2D eigenvalue weighted by atomic mass is 35.5. The van der Waals surface area contributed by atoms with Crippen molar-refractivity contribution < 1.29 is 13.7 Å². The van der Waals surface area contributed by atoms with Gasteiger partial charge in [0.25, 0.3) is 5.91 Å². The van der Waals surface area contributed by atoms with E-state index in [0.29, 0.717) is 17.0 Å². The second-order valence-corrected chi connectivity index (χ2v) is 3.88. The van der Waals surface area contributed by atoms with Crippen LogP contribution in [-0.4, -0.2) is 11.1 Å². The molecule has 0 unspecified atom stereocenters. The Kier molecular flexibility index (Phi) is 3.94. The van der Waals surface area contributed by atoms with Gasteiger partial charge in [-0.3, -0.25) is 4.79 Å². The maximum atomic E-state index is 12.7. The summed E-state index contributed by atoms with van der Waals surface area (Å²) in [6.45, 7) is 0.208. The number of carbonyl (C=O) groups is 1. The SMILES string of the molecule is O=C(NCc1cc(CCl)no1)c1ccc(F)cc1. The molecule has 0 aliphatic heterocycles. The molecule has 0 saturated carbocycles. The van der Waals surface area contributed by atoms with Gasteiger partial charge in [-0.25, -0.2) is 4.39 Å². The molecule has 0 aliphatic carbocycles. The number of rotatable bonds is 4. The Labute approximate surface area is 108 Å². The molecule has 1 N–H and O–H groups in total. The van der Waals surface area contributed by atoms with E-state index in [9.17, 15) is 9.18 Å². The summed E-state index contributed by atoms with van der Waals surface area (Å²) >= 11 is 5.57. The summed E-state index contributed by atoms with van der Waals surface area (Å²) in [5, 5.41) is 6.32. The van der Waals surface area contributed by atoms with E-state index in [4.69, 9.17) is 16.1 Å². The Hall–Kier alpha value is -1.88. The fraction of sp³-hybridized carbons (Fsp3) is 0.167. The molecule has 1 aromatic heterocycles. The average Bonchev–Trinajstić information content (AvgIpc) is 2.85. The summed E-state index contributed by atoms with van der Waals surface area (Å²) < 4.78 is 17.6. The largest absolute Gasteiger partial charge is 0.359 e. The fourth-order valence-corrected chi connectivity index (χ4v) is 1.50. The first-order valence-electron chi connectivity index (χ1n) is 5.23. The second-order valence-electron chi connectivity index (χ2n) is 3.61. The highest BCUT2D eigenvalue weighted by Gasteiger charge is 2.08. The third kappa shape index (κ3) is 3.07. The predicted octanol–water partition coefficient (Wildman–Crippen LogP) is 2.48. The van der Waals surface area contributed by atoms with Gasteiger partial charge >= 0.3 is 0 Å². The number of benzene rings is 1. The van der Waals surface area contributed by atoms with Crippen LogP contribution in [-0.2, 0) is 12.4 Å². The van der Waals surface area contributed by atoms with Crippen molar-refractivity contribution in [2.45, 2.75) is 12.4 Å². The topological polar surface area (TPSA) is 55.1 Å².